The number of amides is 1. The number of piperidine rings is 1. The Morgan fingerprint density at radius 1 is 1.33 bits per heavy atom. The summed E-state index contributed by atoms with van der Waals surface area (Å²) < 4.78 is 0. The van der Waals surface area contributed by atoms with Gasteiger partial charge in [-0.25, -0.2) is 9.97 Å². The molecule has 6 heteroatoms. The van der Waals surface area contributed by atoms with Crippen LogP contribution in [-0.4, -0.2) is 36.0 Å². The molecule has 1 aromatic rings. The summed E-state index contributed by atoms with van der Waals surface area (Å²) in [5, 5.41) is 2.75. The first-order valence-corrected chi connectivity index (χ1v) is 7.70. The highest BCUT2D eigenvalue weighted by atomic mass is 16.1. The van der Waals surface area contributed by atoms with E-state index in [1.54, 1.807) is 7.05 Å². The normalized spacial score (nSPS) is 22.2. The van der Waals surface area contributed by atoms with Gasteiger partial charge in [0.15, 0.2) is 0 Å². The number of hydrogen-bond acceptors (Lipinski definition) is 5. The summed E-state index contributed by atoms with van der Waals surface area (Å²) in [6.45, 7) is 3.60. The third-order valence-corrected chi connectivity index (χ3v) is 4.46. The van der Waals surface area contributed by atoms with E-state index in [1.807, 2.05) is 6.92 Å². The Morgan fingerprint density at radius 2 is 2.10 bits per heavy atom. The van der Waals surface area contributed by atoms with Crippen molar-refractivity contribution >= 4 is 17.5 Å². The first kappa shape index (κ1) is 14.1. The summed E-state index contributed by atoms with van der Waals surface area (Å²) in [6, 6.07) is 0. The maximum atomic E-state index is 11.9. The van der Waals surface area contributed by atoms with Gasteiger partial charge in [0.25, 0.3) is 0 Å². The number of carbonyl (C=O) groups is 1. The first-order valence-electron chi connectivity index (χ1n) is 7.70. The molecule has 1 aliphatic heterocycles. The van der Waals surface area contributed by atoms with Gasteiger partial charge >= 0.3 is 0 Å². The minimum atomic E-state index is 0.0312. The molecule has 1 saturated carbocycles. The molecule has 1 aromatic heterocycles. The van der Waals surface area contributed by atoms with Crippen LogP contribution in [0.25, 0.3) is 0 Å². The molecule has 0 radical (unpaired) electrons. The standard InChI is InChI=1S/C15H23N5O/c1-9-12(16)18-13(10-5-6-10)19-14(9)20-7-3-4-11(8-20)15(21)17-2/h10-11H,3-8H2,1-2H3,(H,17,21)(H2,16,18,19). The Bertz CT molecular complexity index is 555. The summed E-state index contributed by atoms with van der Waals surface area (Å²) in [7, 11) is 1.69. The lowest BCUT2D eigenvalue weighted by molar-refractivity contribution is -0.124. The molecule has 2 fully saturated rings. The zero-order valence-corrected chi connectivity index (χ0v) is 12.7. The maximum Gasteiger partial charge on any atom is 0.224 e. The zero-order valence-electron chi connectivity index (χ0n) is 12.7. The van der Waals surface area contributed by atoms with E-state index >= 15 is 0 Å². The van der Waals surface area contributed by atoms with Crippen LogP contribution in [0.4, 0.5) is 11.6 Å². The van der Waals surface area contributed by atoms with E-state index < -0.39 is 0 Å². The van der Waals surface area contributed by atoms with Crippen molar-refractivity contribution in [3.63, 3.8) is 0 Å². The Balaban J connectivity index is 1.86. The van der Waals surface area contributed by atoms with E-state index in [1.165, 1.54) is 0 Å². The lowest BCUT2D eigenvalue weighted by Crippen LogP contribution is -2.43. The van der Waals surface area contributed by atoms with Gasteiger partial charge in [0.2, 0.25) is 5.91 Å². The van der Waals surface area contributed by atoms with E-state index in [-0.39, 0.29) is 11.8 Å². The van der Waals surface area contributed by atoms with Crippen LogP contribution in [0.1, 0.15) is 43.0 Å². The van der Waals surface area contributed by atoms with E-state index in [2.05, 4.69) is 15.2 Å². The molecule has 3 rings (SSSR count). The van der Waals surface area contributed by atoms with Gasteiger partial charge < -0.3 is 16.0 Å². The van der Waals surface area contributed by atoms with Crippen LogP contribution in [-0.2, 0) is 4.79 Å². The molecule has 114 valence electrons. The number of nitrogens with one attached hydrogen (secondary N) is 1. The molecule has 1 amide bonds. The van der Waals surface area contributed by atoms with Crippen LogP contribution >= 0.6 is 0 Å². The van der Waals surface area contributed by atoms with Crippen LogP contribution in [0, 0.1) is 12.8 Å². The molecular formula is C15H23N5O. The highest BCUT2D eigenvalue weighted by molar-refractivity contribution is 5.79. The predicted octanol–water partition coefficient (Wildman–Crippen LogP) is 1.21. The fourth-order valence-electron chi connectivity index (χ4n) is 2.96. The number of nitrogens with two attached hydrogens (primary N) is 1. The fraction of sp³-hybridized carbons (Fsp3) is 0.667. The van der Waals surface area contributed by atoms with Crippen molar-refractivity contribution in [2.75, 3.05) is 30.8 Å². The summed E-state index contributed by atoms with van der Waals surface area (Å²) in [6.07, 6.45) is 4.25. The van der Waals surface area contributed by atoms with Crippen LogP contribution < -0.4 is 16.0 Å². The minimum absolute atomic E-state index is 0.0312. The number of nitrogens with zero attached hydrogens (tertiary/aromatic N) is 3. The first-order chi connectivity index (χ1) is 10.1. The maximum absolute atomic E-state index is 11.9. The van der Waals surface area contributed by atoms with Gasteiger partial charge in [-0.1, -0.05) is 0 Å². The van der Waals surface area contributed by atoms with Gasteiger partial charge in [-0.05, 0) is 32.6 Å². The second-order valence-corrected chi connectivity index (χ2v) is 6.09. The summed E-state index contributed by atoms with van der Waals surface area (Å²) in [4.78, 5) is 23.2. The third-order valence-electron chi connectivity index (χ3n) is 4.46. The van der Waals surface area contributed by atoms with Crippen molar-refractivity contribution in [2.24, 2.45) is 5.92 Å². The van der Waals surface area contributed by atoms with Crippen molar-refractivity contribution < 1.29 is 4.79 Å². The number of rotatable bonds is 3. The molecule has 6 nitrogen and oxygen atoms in total. The van der Waals surface area contributed by atoms with E-state index in [0.29, 0.717) is 18.3 Å². The highest BCUT2D eigenvalue weighted by Crippen LogP contribution is 2.40. The molecule has 0 spiro atoms. The number of nitrogen functional groups attached to an aromatic ring is 1. The van der Waals surface area contributed by atoms with Gasteiger partial charge in [0.1, 0.15) is 17.5 Å². The molecular weight excluding hydrogens is 266 g/mol. The largest absolute Gasteiger partial charge is 0.383 e. The average molecular weight is 289 g/mol. The van der Waals surface area contributed by atoms with Gasteiger partial charge in [0, 0.05) is 31.6 Å². The fourth-order valence-corrected chi connectivity index (χ4v) is 2.96. The monoisotopic (exact) mass is 289 g/mol. The number of aromatic nitrogens is 2. The van der Waals surface area contributed by atoms with Crippen LogP contribution in [0.15, 0.2) is 0 Å². The van der Waals surface area contributed by atoms with Gasteiger partial charge in [-0.3, -0.25) is 4.79 Å². The lowest BCUT2D eigenvalue weighted by atomic mass is 9.97. The third kappa shape index (κ3) is 2.80. The van der Waals surface area contributed by atoms with Crippen LogP contribution in [0.2, 0.25) is 0 Å². The van der Waals surface area contributed by atoms with Crippen molar-refractivity contribution in [3.05, 3.63) is 11.4 Å². The van der Waals surface area contributed by atoms with Crippen molar-refractivity contribution in [2.45, 2.75) is 38.5 Å². The van der Waals surface area contributed by atoms with Gasteiger partial charge in [0.05, 0.1) is 5.92 Å². The molecule has 2 aliphatic rings. The molecule has 1 aliphatic carbocycles. The minimum Gasteiger partial charge on any atom is -0.383 e. The Morgan fingerprint density at radius 3 is 2.76 bits per heavy atom. The predicted molar refractivity (Wildman–Crippen MR) is 82.2 cm³/mol. The van der Waals surface area contributed by atoms with Crippen LogP contribution in [0.3, 0.4) is 0 Å². The lowest BCUT2D eigenvalue weighted by Gasteiger charge is -2.33. The topological polar surface area (TPSA) is 84.1 Å². The zero-order chi connectivity index (χ0) is 15.0. The van der Waals surface area contributed by atoms with Crippen LogP contribution in [0.5, 0.6) is 0 Å². The molecule has 0 bridgehead atoms. The van der Waals surface area contributed by atoms with Gasteiger partial charge in [-0.15, -0.1) is 0 Å². The Hall–Kier alpha value is -1.85. The molecule has 1 saturated heterocycles. The van der Waals surface area contributed by atoms with E-state index in [4.69, 9.17) is 10.7 Å². The molecule has 1 atom stereocenters. The summed E-state index contributed by atoms with van der Waals surface area (Å²) in [5.74, 6) is 2.98. The van der Waals surface area contributed by atoms with E-state index in [0.717, 1.165) is 49.4 Å². The quantitative estimate of drug-likeness (QED) is 0.873. The van der Waals surface area contributed by atoms with Crippen molar-refractivity contribution in [1.29, 1.82) is 0 Å². The number of carbonyl (C=O) groups excluding carboxylic acids is 1. The molecule has 2 heterocycles. The second kappa shape index (κ2) is 5.50. The van der Waals surface area contributed by atoms with Gasteiger partial charge in [-0.2, -0.15) is 0 Å². The molecule has 1 unspecified atom stereocenters. The van der Waals surface area contributed by atoms with E-state index in [9.17, 15) is 4.79 Å². The van der Waals surface area contributed by atoms with Crippen molar-refractivity contribution in [3.8, 4) is 0 Å². The number of hydrogen-bond donors (Lipinski definition) is 2. The Kier molecular flexibility index (Phi) is 3.69. The summed E-state index contributed by atoms with van der Waals surface area (Å²) in [5.41, 5.74) is 6.98. The highest BCUT2D eigenvalue weighted by Gasteiger charge is 2.31. The Labute approximate surface area is 125 Å². The smallest absolute Gasteiger partial charge is 0.224 e. The molecule has 21 heavy (non-hydrogen) atoms. The summed E-state index contributed by atoms with van der Waals surface area (Å²) >= 11 is 0. The molecule has 3 N–H and O–H groups in total. The number of anilines is 2. The second-order valence-electron chi connectivity index (χ2n) is 6.09. The SMILES string of the molecule is CNC(=O)C1CCCN(c2nc(C3CC3)nc(N)c2C)C1. The van der Waals surface area contributed by atoms with Crippen molar-refractivity contribution in [1.82, 2.24) is 15.3 Å². The average Bonchev–Trinajstić information content (AvgIpc) is 3.34. The molecule has 0 aromatic carbocycles.